The molecule has 0 saturated carbocycles. The van der Waals surface area contributed by atoms with E-state index < -0.39 is 0 Å². The summed E-state index contributed by atoms with van der Waals surface area (Å²) >= 11 is 3.38. The lowest BCUT2D eigenvalue weighted by Gasteiger charge is -2.06. The zero-order chi connectivity index (χ0) is 17.5. The Labute approximate surface area is 147 Å². The van der Waals surface area contributed by atoms with E-state index in [1.54, 1.807) is 26.8 Å². The van der Waals surface area contributed by atoms with Crippen molar-refractivity contribution in [2.45, 2.75) is 46.5 Å². The highest BCUT2D eigenvalue weighted by molar-refractivity contribution is 9.09. The van der Waals surface area contributed by atoms with Gasteiger partial charge in [-0.1, -0.05) is 34.8 Å². The van der Waals surface area contributed by atoms with Gasteiger partial charge in [-0.2, -0.15) is 0 Å². The number of rotatable bonds is 12. The van der Waals surface area contributed by atoms with Gasteiger partial charge in [0.15, 0.2) is 0 Å². The summed E-state index contributed by atoms with van der Waals surface area (Å²) in [6.07, 6.45) is 7.21. The van der Waals surface area contributed by atoms with Crippen LogP contribution in [0.5, 0.6) is 0 Å². The van der Waals surface area contributed by atoms with Gasteiger partial charge in [-0.3, -0.25) is 0 Å². The van der Waals surface area contributed by atoms with E-state index >= 15 is 0 Å². The summed E-state index contributed by atoms with van der Waals surface area (Å²) in [7, 11) is 0. The molecule has 0 amide bonds. The Balaban J connectivity index is 3.76. The minimum atomic E-state index is -0.382. The number of esters is 2. The van der Waals surface area contributed by atoms with Crippen molar-refractivity contribution in [3.63, 3.8) is 0 Å². The fourth-order valence-electron chi connectivity index (χ4n) is 1.48. The zero-order valence-electron chi connectivity index (χ0n) is 14.2. The molecule has 0 rings (SSSR count). The Morgan fingerprint density at radius 2 is 1.48 bits per heavy atom. The van der Waals surface area contributed by atoms with Gasteiger partial charge in [0, 0.05) is 10.9 Å². The monoisotopic (exact) mass is 390 g/mol. The third-order valence-corrected chi connectivity index (χ3v) is 3.59. The third-order valence-electron chi connectivity index (χ3n) is 3.03. The van der Waals surface area contributed by atoms with E-state index in [0.29, 0.717) is 17.8 Å². The molecule has 0 N–H and O–H groups in total. The molecule has 0 atom stereocenters. The highest BCUT2D eigenvalue weighted by atomic mass is 79.9. The van der Waals surface area contributed by atoms with Gasteiger partial charge in [0.2, 0.25) is 0 Å². The van der Waals surface area contributed by atoms with Crippen molar-refractivity contribution in [2.24, 2.45) is 0 Å². The maximum Gasteiger partial charge on any atom is 0.336 e. The lowest BCUT2D eigenvalue weighted by Crippen LogP contribution is -2.11. The number of carbonyl (C=O) groups excluding carboxylic acids is 2. The molecule has 0 radical (unpaired) electrons. The maximum absolute atomic E-state index is 11.7. The van der Waals surface area contributed by atoms with E-state index in [1.165, 1.54) is 6.26 Å². The predicted molar refractivity (Wildman–Crippen MR) is 93.3 cm³/mol. The van der Waals surface area contributed by atoms with Crippen molar-refractivity contribution < 1.29 is 23.8 Å². The molecule has 0 spiro atoms. The van der Waals surface area contributed by atoms with E-state index in [1.807, 2.05) is 0 Å². The standard InChI is InChI=1S/C17H27BrO5/c1-4-14(2)16(19)23-12-11-21-13-15(3)17(20)22-10-8-6-5-7-9-18/h4,13H,5-12H2,1-3H3. The van der Waals surface area contributed by atoms with Gasteiger partial charge in [-0.15, -0.1) is 0 Å². The summed E-state index contributed by atoms with van der Waals surface area (Å²) in [5, 5.41) is 1.01. The van der Waals surface area contributed by atoms with Crippen LogP contribution in [0.3, 0.4) is 0 Å². The number of unbranched alkanes of at least 4 members (excludes halogenated alkanes) is 3. The summed E-state index contributed by atoms with van der Waals surface area (Å²) < 4.78 is 15.3. The van der Waals surface area contributed by atoms with Crippen molar-refractivity contribution in [1.82, 2.24) is 0 Å². The van der Waals surface area contributed by atoms with Crippen LogP contribution in [0.4, 0.5) is 0 Å². The molecule has 0 aliphatic rings. The second-order valence-electron chi connectivity index (χ2n) is 5.02. The lowest BCUT2D eigenvalue weighted by molar-refractivity contribution is -0.141. The molecule has 0 unspecified atom stereocenters. The molecule has 0 aliphatic carbocycles. The Morgan fingerprint density at radius 3 is 2.13 bits per heavy atom. The van der Waals surface area contributed by atoms with E-state index in [0.717, 1.165) is 31.0 Å². The number of hydrogen-bond donors (Lipinski definition) is 0. The summed E-state index contributed by atoms with van der Waals surface area (Å²) in [6.45, 7) is 5.84. The van der Waals surface area contributed by atoms with Gasteiger partial charge >= 0.3 is 11.9 Å². The van der Waals surface area contributed by atoms with Gasteiger partial charge < -0.3 is 14.2 Å². The number of alkyl halides is 1. The zero-order valence-corrected chi connectivity index (χ0v) is 15.8. The second kappa shape index (κ2) is 14.3. The Bertz CT molecular complexity index is 415. The van der Waals surface area contributed by atoms with Crippen LogP contribution in [0, 0.1) is 0 Å². The lowest BCUT2D eigenvalue weighted by atomic mass is 10.2. The summed E-state index contributed by atoms with van der Waals surface area (Å²) in [4.78, 5) is 23.0. The minimum absolute atomic E-state index is 0.135. The molecule has 6 heteroatoms. The highest BCUT2D eigenvalue weighted by Crippen LogP contribution is 2.04. The molecular weight excluding hydrogens is 364 g/mol. The number of allylic oxidation sites excluding steroid dienone is 1. The van der Waals surface area contributed by atoms with Crippen molar-refractivity contribution in [3.05, 3.63) is 23.5 Å². The van der Waals surface area contributed by atoms with Crippen LogP contribution in [-0.2, 0) is 23.8 Å². The number of carbonyl (C=O) groups is 2. The summed E-state index contributed by atoms with van der Waals surface area (Å²) in [6, 6.07) is 0. The van der Waals surface area contributed by atoms with Crippen molar-refractivity contribution in [2.75, 3.05) is 25.2 Å². The number of hydrogen-bond acceptors (Lipinski definition) is 5. The predicted octanol–water partition coefficient (Wildman–Crippen LogP) is 3.91. The van der Waals surface area contributed by atoms with E-state index in [-0.39, 0.29) is 25.2 Å². The van der Waals surface area contributed by atoms with E-state index in [9.17, 15) is 9.59 Å². The Morgan fingerprint density at radius 1 is 0.870 bits per heavy atom. The summed E-state index contributed by atoms with van der Waals surface area (Å²) in [5.74, 6) is -0.747. The smallest absolute Gasteiger partial charge is 0.336 e. The van der Waals surface area contributed by atoms with Crippen LogP contribution in [0.1, 0.15) is 46.5 Å². The first-order chi connectivity index (χ1) is 11.0. The first-order valence-electron chi connectivity index (χ1n) is 7.84. The molecule has 0 saturated heterocycles. The van der Waals surface area contributed by atoms with E-state index in [2.05, 4.69) is 15.9 Å². The first kappa shape index (κ1) is 21.7. The van der Waals surface area contributed by atoms with Crippen molar-refractivity contribution >= 4 is 27.9 Å². The second-order valence-corrected chi connectivity index (χ2v) is 5.81. The largest absolute Gasteiger partial charge is 0.497 e. The molecule has 0 bridgehead atoms. The Hall–Kier alpha value is -1.30. The van der Waals surface area contributed by atoms with Crippen LogP contribution in [-0.4, -0.2) is 37.1 Å². The van der Waals surface area contributed by atoms with Crippen LogP contribution in [0.2, 0.25) is 0 Å². The molecule has 0 fully saturated rings. The molecule has 0 aromatic heterocycles. The van der Waals surface area contributed by atoms with Gasteiger partial charge in [0.05, 0.1) is 18.4 Å². The fraction of sp³-hybridized carbons (Fsp3) is 0.647. The third kappa shape index (κ3) is 11.9. The molecule has 23 heavy (non-hydrogen) atoms. The highest BCUT2D eigenvalue weighted by Gasteiger charge is 2.06. The van der Waals surface area contributed by atoms with Crippen molar-refractivity contribution in [1.29, 1.82) is 0 Å². The molecule has 5 nitrogen and oxygen atoms in total. The number of halogens is 1. The normalized spacial score (nSPS) is 12.0. The molecule has 0 aromatic carbocycles. The van der Waals surface area contributed by atoms with Crippen LogP contribution in [0.15, 0.2) is 23.5 Å². The van der Waals surface area contributed by atoms with E-state index in [4.69, 9.17) is 14.2 Å². The van der Waals surface area contributed by atoms with Crippen LogP contribution >= 0.6 is 15.9 Å². The molecular formula is C17H27BrO5. The SMILES string of the molecule is CC=C(C)C(=O)OCCOC=C(C)C(=O)OCCCCCCBr. The van der Waals surface area contributed by atoms with Crippen LogP contribution < -0.4 is 0 Å². The molecule has 0 heterocycles. The fourth-order valence-corrected chi connectivity index (χ4v) is 1.87. The van der Waals surface area contributed by atoms with Gasteiger partial charge in [0.25, 0.3) is 0 Å². The van der Waals surface area contributed by atoms with Crippen LogP contribution in [0.25, 0.3) is 0 Å². The number of ether oxygens (including phenoxy) is 3. The average molecular weight is 391 g/mol. The van der Waals surface area contributed by atoms with Crippen molar-refractivity contribution in [3.8, 4) is 0 Å². The molecule has 0 aliphatic heterocycles. The van der Waals surface area contributed by atoms with Gasteiger partial charge in [-0.25, -0.2) is 9.59 Å². The molecule has 0 aromatic rings. The quantitative estimate of drug-likeness (QED) is 0.166. The Kier molecular flexibility index (Phi) is 13.5. The van der Waals surface area contributed by atoms with Gasteiger partial charge in [0.1, 0.15) is 13.2 Å². The van der Waals surface area contributed by atoms with Gasteiger partial charge in [-0.05, 0) is 33.6 Å². The minimum Gasteiger partial charge on any atom is -0.497 e. The summed E-state index contributed by atoms with van der Waals surface area (Å²) in [5.41, 5.74) is 0.942. The topological polar surface area (TPSA) is 61.8 Å². The molecule has 132 valence electrons. The average Bonchev–Trinajstić information content (AvgIpc) is 2.56. The first-order valence-corrected chi connectivity index (χ1v) is 8.96. The maximum atomic E-state index is 11.7.